The van der Waals surface area contributed by atoms with Crippen molar-refractivity contribution in [3.8, 4) is 0 Å². The van der Waals surface area contributed by atoms with E-state index in [0.29, 0.717) is 11.8 Å². The first kappa shape index (κ1) is 6.97. The van der Waals surface area contributed by atoms with Gasteiger partial charge in [0.15, 0.2) is 5.58 Å². The molecule has 0 aliphatic carbocycles. The fourth-order valence-corrected chi connectivity index (χ4v) is 0.967. The fourth-order valence-electron chi connectivity index (χ4n) is 0.967. The molecule has 2 rings (SSSR count). The van der Waals surface area contributed by atoms with E-state index in [-0.39, 0.29) is 11.5 Å². The number of carbonyl (C=O) groups excluding carboxylic acids is 1. The number of nitrogens with zero attached hydrogens (tertiary/aromatic N) is 1. The van der Waals surface area contributed by atoms with E-state index in [2.05, 4.69) is 4.98 Å². The number of rotatable bonds is 1. The molecule has 12 heavy (non-hydrogen) atoms. The number of hydrogen-bond acceptors (Lipinski definition) is 3. The monoisotopic (exact) mass is 165 g/mol. The predicted molar refractivity (Wildman–Crippen MR) is 39.4 cm³/mol. The summed E-state index contributed by atoms with van der Waals surface area (Å²) in [7, 11) is 0. The molecule has 0 spiro atoms. The van der Waals surface area contributed by atoms with E-state index < -0.39 is 5.82 Å². The average molecular weight is 165 g/mol. The zero-order valence-corrected chi connectivity index (χ0v) is 5.95. The normalized spacial score (nSPS) is 10.4. The smallest absolute Gasteiger partial charge is 0.260 e. The van der Waals surface area contributed by atoms with E-state index >= 15 is 0 Å². The fraction of sp³-hybridized carbons (Fsp3) is 0. The summed E-state index contributed by atoms with van der Waals surface area (Å²) in [6.07, 6.45) is 0.484. The molecule has 1 aromatic heterocycles. The van der Waals surface area contributed by atoms with Crippen molar-refractivity contribution in [2.75, 3.05) is 0 Å². The number of fused-ring (bicyclic) bond motifs is 1. The molecule has 3 nitrogen and oxygen atoms in total. The van der Waals surface area contributed by atoms with Gasteiger partial charge in [-0.3, -0.25) is 4.79 Å². The van der Waals surface area contributed by atoms with Gasteiger partial charge in [0.1, 0.15) is 11.3 Å². The van der Waals surface area contributed by atoms with E-state index in [9.17, 15) is 9.18 Å². The lowest BCUT2D eigenvalue weighted by Crippen LogP contribution is -1.74. The maximum absolute atomic E-state index is 12.6. The Hall–Kier alpha value is -1.71. The van der Waals surface area contributed by atoms with Gasteiger partial charge in [-0.15, -0.1) is 0 Å². The molecule has 0 saturated carbocycles. The molecule has 0 radical (unpaired) electrons. The van der Waals surface area contributed by atoms with Crippen molar-refractivity contribution >= 4 is 17.4 Å². The maximum atomic E-state index is 12.6. The highest BCUT2D eigenvalue weighted by Crippen LogP contribution is 2.15. The molecule has 0 N–H and O–H groups in total. The molecule has 0 atom stereocenters. The van der Waals surface area contributed by atoms with Crippen molar-refractivity contribution in [1.29, 1.82) is 0 Å². The van der Waals surface area contributed by atoms with Crippen molar-refractivity contribution in [3.63, 3.8) is 0 Å². The van der Waals surface area contributed by atoms with Gasteiger partial charge >= 0.3 is 0 Å². The van der Waals surface area contributed by atoms with Crippen molar-refractivity contribution in [1.82, 2.24) is 4.98 Å². The summed E-state index contributed by atoms with van der Waals surface area (Å²) >= 11 is 0. The summed E-state index contributed by atoms with van der Waals surface area (Å²) < 4.78 is 17.5. The van der Waals surface area contributed by atoms with E-state index in [1.54, 1.807) is 0 Å². The highest BCUT2D eigenvalue weighted by molar-refractivity contribution is 5.78. The second kappa shape index (κ2) is 2.41. The molecule has 2 aromatic rings. The molecule has 4 heteroatoms. The van der Waals surface area contributed by atoms with Crippen LogP contribution in [0.4, 0.5) is 4.39 Å². The van der Waals surface area contributed by atoms with E-state index in [4.69, 9.17) is 4.42 Å². The summed E-state index contributed by atoms with van der Waals surface area (Å²) in [6.45, 7) is 0. The number of benzene rings is 1. The second-order valence-corrected chi connectivity index (χ2v) is 2.28. The summed E-state index contributed by atoms with van der Waals surface area (Å²) in [6, 6.07) is 3.91. The lowest BCUT2D eigenvalue weighted by molar-refractivity contribution is 0.109. The number of carbonyl (C=O) groups is 1. The molecule has 0 aliphatic heterocycles. The van der Waals surface area contributed by atoms with Crippen LogP contribution in [0.5, 0.6) is 0 Å². The van der Waals surface area contributed by atoms with Crippen LogP contribution in [-0.4, -0.2) is 11.3 Å². The van der Waals surface area contributed by atoms with Crippen LogP contribution in [0.15, 0.2) is 22.6 Å². The van der Waals surface area contributed by atoms with Gasteiger partial charge in [0, 0.05) is 6.07 Å². The first-order chi connectivity index (χ1) is 5.79. The van der Waals surface area contributed by atoms with Crippen LogP contribution in [0.3, 0.4) is 0 Å². The quantitative estimate of drug-likeness (QED) is 0.605. The zero-order valence-electron chi connectivity index (χ0n) is 5.95. The molecule has 60 valence electrons. The Morgan fingerprint density at radius 3 is 3.08 bits per heavy atom. The van der Waals surface area contributed by atoms with Gasteiger partial charge in [-0.1, -0.05) is 0 Å². The molecule has 0 amide bonds. The molecule has 1 aromatic carbocycles. The van der Waals surface area contributed by atoms with Gasteiger partial charge in [-0.2, -0.15) is 0 Å². The van der Waals surface area contributed by atoms with Crippen LogP contribution in [0, 0.1) is 5.82 Å². The number of hydrogen-bond donors (Lipinski definition) is 0. The second-order valence-electron chi connectivity index (χ2n) is 2.28. The Morgan fingerprint density at radius 2 is 2.33 bits per heavy atom. The number of oxazole rings is 1. The van der Waals surface area contributed by atoms with Crippen LogP contribution in [0.2, 0.25) is 0 Å². The largest absolute Gasteiger partial charge is 0.434 e. The highest BCUT2D eigenvalue weighted by Gasteiger charge is 2.04. The van der Waals surface area contributed by atoms with Gasteiger partial charge in [-0.25, -0.2) is 9.37 Å². The van der Waals surface area contributed by atoms with E-state index in [0.717, 1.165) is 0 Å². The van der Waals surface area contributed by atoms with Crippen molar-refractivity contribution < 1.29 is 13.6 Å². The predicted octanol–water partition coefficient (Wildman–Crippen LogP) is 1.78. The Labute approximate surface area is 66.8 Å². The van der Waals surface area contributed by atoms with Crippen molar-refractivity contribution in [2.45, 2.75) is 0 Å². The van der Waals surface area contributed by atoms with Crippen LogP contribution < -0.4 is 0 Å². The molecular weight excluding hydrogens is 161 g/mol. The number of aromatic nitrogens is 1. The van der Waals surface area contributed by atoms with Crippen LogP contribution >= 0.6 is 0 Å². The minimum absolute atomic E-state index is 0.0319. The molecule has 0 saturated heterocycles. The molecule has 0 fully saturated rings. The Balaban J connectivity index is 2.75. The standard InChI is InChI=1S/C8H4FNO2/c9-5-1-2-6-7(3-5)12-8(4-11)10-6/h1-4H. The molecule has 1 heterocycles. The minimum atomic E-state index is -0.406. The summed E-state index contributed by atoms with van der Waals surface area (Å²) in [4.78, 5) is 14.0. The lowest BCUT2D eigenvalue weighted by Gasteiger charge is -1.84. The van der Waals surface area contributed by atoms with Crippen molar-refractivity contribution in [2.24, 2.45) is 0 Å². The molecule has 0 unspecified atom stereocenters. The van der Waals surface area contributed by atoms with Gasteiger partial charge in [0.2, 0.25) is 6.29 Å². The lowest BCUT2D eigenvalue weighted by atomic mass is 10.3. The zero-order chi connectivity index (χ0) is 8.55. The van der Waals surface area contributed by atoms with Crippen molar-refractivity contribution in [3.05, 3.63) is 29.9 Å². The Morgan fingerprint density at radius 1 is 1.50 bits per heavy atom. The van der Waals surface area contributed by atoms with Gasteiger partial charge in [-0.05, 0) is 12.1 Å². The first-order valence-electron chi connectivity index (χ1n) is 3.31. The van der Waals surface area contributed by atoms with Crippen LogP contribution in [0.25, 0.3) is 11.1 Å². The van der Waals surface area contributed by atoms with E-state index in [1.165, 1.54) is 18.2 Å². The summed E-state index contributed by atoms with van der Waals surface area (Å²) in [5.74, 6) is -0.438. The van der Waals surface area contributed by atoms with Gasteiger partial charge in [0.05, 0.1) is 0 Å². The Kier molecular flexibility index (Phi) is 1.40. The average Bonchev–Trinajstić information content (AvgIpc) is 2.46. The molecule has 0 aliphatic rings. The number of halogens is 1. The first-order valence-corrected chi connectivity index (χ1v) is 3.31. The third-order valence-corrected chi connectivity index (χ3v) is 1.47. The highest BCUT2D eigenvalue weighted by atomic mass is 19.1. The van der Waals surface area contributed by atoms with E-state index in [1.807, 2.05) is 0 Å². The van der Waals surface area contributed by atoms with Crippen LogP contribution in [-0.2, 0) is 0 Å². The SMILES string of the molecule is O=Cc1nc2ccc(F)cc2o1. The summed E-state index contributed by atoms with van der Waals surface area (Å²) in [5.41, 5.74) is 0.774. The third kappa shape index (κ3) is 0.972. The minimum Gasteiger partial charge on any atom is -0.434 e. The molecule has 0 bridgehead atoms. The number of aldehydes is 1. The van der Waals surface area contributed by atoms with Gasteiger partial charge in [0.25, 0.3) is 5.89 Å². The maximum Gasteiger partial charge on any atom is 0.260 e. The third-order valence-electron chi connectivity index (χ3n) is 1.47. The summed E-state index contributed by atoms with van der Waals surface area (Å²) in [5, 5.41) is 0. The molecular formula is C8H4FNO2. The topological polar surface area (TPSA) is 43.1 Å². The Bertz CT molecular complexity index is 436. The van der Waals surface area contributed by atoms with Crippen LogP contribution in [0.1, 0.15) is 10.7 Å². The van der Waals surface area contributed by atoms with Gasteiger partial charge < -0.3 is 4.42 Å².